The summed E-state index contributed by atoms with van der Waals surface area (Å²) in [4.78, 5) is 0. The third kappa shape index (κ3) is 6.53. The highest BCUT2D eigenvalue weighted by Crippen LogP contribution is 1.91. The van der Waals surface area contributed by atoms with Crippen LogP contribution in [0.5, 0.6) is 0 Å². The molecule has 0 aliphatic carbocycles. The lowest BCUT2D eigenvalue weighted by Crippen LogP contribution is -2.30. The molecule has 11 heavy (non-hydrogen) atoms. The van der Waals surface area contributed by atoms with Crippen LogP contribution in [0.15, 0.2) is 0 Å². The van der Waals surface area contributed by atoms with Crippen LogP contribution in [-0.2, 0) is 14.0 Å². The van der Waals surface area contributed by atoms with E-state index < -0.39 is 6.70 Å². The minimum atomic E-state index is -0.787. The van der Waals surface area contributed by atoms with Crippen molar-refractivity contribution in [3.63, 3.8) is 0 Å². The van der Waals surface area contributed by atoms with Gasteiger partial charge in [-0.1, -0.05) is 0 Å². The summed E-state index contributed by atoms with van der Waals surface area (Å²) in [6.45, 7) is -0.264. The van der Waals surface area contributed by atoms with Crippen molar-refractivity contribution in [1.82, 2.24) is 0 Å². The summed E-state index contributed by atoms with van der Waals surface area (Å²) in [6.07, 6.45) is -0.227. The Bertz CT molecular complexity index is 91.4. The average molecular weight is 147 g/mol. The van der Waals surface area contributed by atoms with Gasteiger partial charge in [0.25, 0.3) is 8.05 Å². The van der Waals surface area contributed by atoms with Crippen LogP contribution in [0.3, 0.4) is 0 Å². The largest absolute Gasteiger partial charge is 0.454 e. The molecular weight excluding hydrogens is 139 g/mol. The van der Waals surface area contributed by atoms with E-state index in [0.29, 0.717) is 0 Å². The van der Waals surface area contributed by atoms with Crippen LogP contribution in [0.4, 0.5) is 0 Å². The zero-order valence-electron chi connectivity index (χ0n) is 6.53. The van der Waals surface area contributed by atoms with E-state index in [1.165, 1.54) is 7.11 Å². The minimum absolute atomic E-state index is 0.227. The molecule has 0 aliphatic rings. The minimum Gasteiger partial charge on any atom is -0.454 e. The Balaban J connectivity index is 3.35. The highest BCUT2D eigenvalue weighted by Gasteiger charge is 2.07. The molecule has 0 aromatic rings. The van der Waals surface area contributed by atoms with Gasteiger partial charge in [-0.05, 0) is 0 Å². The maximum Gasteiger partial charge on any atom is 0.282 e. The second-order valence-corrected chi connectivity index (χ2v) is 1.99. The summed E-state index contributed by atoms with van der Waals surface area (Å²) in [5, 5.41) is 0. The summed E-state index contributed by atoms with van der Waals surface area (Å²) in [6, 6.07) is 0. The van der Waals surface area contributed by atoms with Crippen molar-refractivity contribution in [1.29, 1.82) is 0 Å². The van der Waals surface area contributed by atoms with Crippen LogP contribution in [0.1, 0.15) is 0 Å². The standard InChI is InChI=1S/C4H8B4O3/c1-9-4(2-10-7)3-11-8(5)6/h4H,2-3H2,1H3. The third-order valence-electron chi connectivity index (χ3n) is 1.09. The van der Waals surface area contributed by atoms with E-state index in [0.717, 1.165) is 0 Å². The van der Waals surface area contributed by atoms with E-state index in [1.54, 1.807) is 0 Å². The lowest BCUT2D eigenvalue weighted by atomic mass is 9.32. The Morgan fingerprint density at radius 3 is 2.36 bits per heavy atom. The first-order valence-electron chi connectivity index (χ1n) is 3.18. The molecular formula is C4H8B4O3. The van der Waals surface area contributed by atoms with Crippen molar-refractivity contribution in [3.05, 3.63) is 0 Å². The fourth-order valence-corrected chi connectivity index (χ4v) is 0.510. The lowest BCUT2D eigenvalue weighted by molar-refractivity contribution is 0.0271. The van der Waals surface area contributed by atoms with E-state index >= 15 is 0 Å². The van der Waals surface area contributed by atoms with E-state index in [2.05, 4.69) is 4.65 Å². The predicted octanol–water partition coefficient (Wildman–Crippen LogP) is -1.56. The monoisotopic (exact) mass is 148 g/mol. The fourth-order valence-electron chi connectivity index (χ4n) is 0.510. The zero-order valence-corrected chi connectivity index (χ0v) is 6.53. The average Bonchev–Trinajstić information content (AvgIpc) is 1.97. The van der Waals surface area contributed by atoms with Gasteiger partial charge in [-0.25, -0.2) is 0 Å². The van der Waals surface area contributed by atoms with Crippen LogP contribution in [0.25, 0.3) is 0 Å². The first-order chi connectivity index (χ1) is 5.20. The van der Waals surface area contributed by atoms with Gasteiger partial charge in [0, 0.05) is 7.11 Å². The zero-order chi connectivity index (χ0) is 8.69. The summed E-state index contributed by atoms with van der Waals surface area (Å²) >= 11 is 0. The number of methoxy groups -OCH3 is 1. The topological polar surface area (TPSA) is 27.7 Å². The van der Waals surface area contributed by atoms with Crippen LogP contribution in [-0.4, -0.2) is 56.6 Å². The van der Waals surface area contributed by atoms with Gasteiger partial charge in [0.2, 0.25) is 0 Å². The van der Waals surface area contributed by atoms with Crippen molar-refractivity contribution in [3.8, 4) is 0 Å². The maximum atomic E-state index is 5.12. The maximum absolute atomic E-state index is 5.12. The van der Waals surface area contributed by atoms with Gasteiger partial charge in [0.05, 0.1) is 28.7 Å². The molecule has 0 fully saturated rings. The van der Waals surface area contributed by atoms with Crippen molar-refractivity contribution >= 4 is 30.2 Å². The second-order valence-electron chi connectivity index (χ2n) is 1.99. The summed E-state index contributed by atoms with van der Waals surface area (Å²) in [7, 11) is 16.6. The molecule has 0 bridgehead atoms. The highest BCUT2D eigenvalue weighted by molar-refractivity contribution is 7.26. The predicted molar refractivity (Wildman–Crippen MR) is 45.7 cm³/mol. The van der Waals surface area contributed by atoms with Crippen LogP contribution in [0.2, 0.25) is 0 Å². The van der Waals surface area contributed by atoms with E-state index in [4.69, 9.17) is 32.9 Å². The molecule has 0 rings (SSSR count). The van der Waals surface area contributed by atoms with Crippen LogP contribution >= 0.6 is 0 Å². The first kappa shape index (κ1) is 11.1. The van der Waals surface area contributed by atoms with Crippen molar-refractivity contribution < 1.29 is 14.0 Å². The molecule has 0 aromatic carbocycles. The van der Waals surface area contributed by atoms with Crippen LogP contribution < -0.4 is 0 Å². The van der Waals surface area contributed by atoms with Crippen LogP contribution in [0, 0.1) is 0 Å². The fraction of sp³-hybridized carbons (Fsp3) is 1.00. The quantitative estimate of drug-likeness (QED) is 0.425. The SMILES string of the molecule is [B]OCC(COB([B])[B])OC. The van der Waals surface area contributed by atoms with E-state index in [1.807, 2.05) is 0 Å². The van der Waals surface area contributed by atoms with E-state index in [-0.39, 0.29) is 19.3 Å². The number of ether oxygens (including phenoxy) is 1. The van der Waals surface area contributed by atoms with Gasteiger partial charge >= 0.3 is 0 Å². The lowest BCUT2D eigenvalue weighted by Gasteiger charge is -2.16. The van der Waals surface area contributed by atoms with Gasteiger partial charge in [-0.15, -0.1) is 0 Å². The first-order valence-corrected chi connectivity index (χ1v) is 3.18. The molecule has 54 valence electrons. The molecule has 6 radical (unpaired) electrons. The van der Waals surface area contributed by atoms with Crippen molar-refractivity contribution in [2.45, 2.75) is 6.10 Å². The molecule has 0 amide bonds. The van der Waals surface area contributed by atoms with Gasteiger partial charge < -0.3 is 14.0 Å². The van der Waals surface area contributed by atoms with Crippen molar-refractivity contribution in [2.75, 3.05) is 20.3 Å². The molecule has 0 aliphatic heterocycles. The smallest absolute Gasteiger partial charge is 0.282 e. The van der Waals surface area contributed by atoms with Gasteiger partial charge in [0.1, 0.15) is 6.10 Å². The normalized spacial score (nSPS) is 12.8. The molecule has 0 N–H and O–H groups in total. The molecule has 0 spiro atoms. The summed E-state index contributed by atoms with van der Waals surface area (Å²) in [5.41, 5.74) is 0. The molecule has 3 nitrogen and oxygen atoms in total. The number of hydrogen-bond donors (Lipinski definition) is 0. The Morgan fingerprint density at radius 2 is 2.00 bits per heavy atom. The van der Waals surface area contributed by atoms with Gasteiger partial charge in [-0.2, -0.15) is 0 Å². The third-order valence-corrected chi connectivity index (χ3v) is 1.09. The van der Waals surface area contributed by atoms with Gasteiger partial charge in [0.15, 0.2) is 6.70 Å². The summed E-state index contributed by atoms with van der Waals surface area (Å²) in [5.74, 6) is 0. The Morgan fingerprint density at radius 1 is 1.36 bits per heavy atom. The Labute approximate surface area is 71.5 Å². The molecule has 0 heterocycles. The molecule has 0 saturated heterocycles. The van der Waals surface area contributed by atoms with Gasteiger partial charge in [-0.3, -0.25) is 0 Å². The number of rotatable bonds is 6. The molecule has 1 atom stereocenters. The molecule has 1 unspecified atom stereocenters. The number of hydrogen-bond acceptors (Lipinski definition) is 3. The Kier molecular flexibility index (Phi) is 6.91. The summed E-state index contributed by atoms with van der Waals surface area (Å²) < 4.78 is 14.1. The van der Waals surface area contributed by atoms with Crippen molar-refractivity contribution in [2.24, 2.45) is 0 Å². The Hall–Kier alpha value is 0.140. The molecule has 7 heteroatoms. The second kappa shape index (κ2) is 6.83. The molecule has 0 aromatic heterocycles. The van der Waals surface area contributed by atoms with E-state index in [9.17, 15) is 0 Å². The molecule has 0 saturated carbocycles. The highest BCUT2D eigenvalue weighted by atomic mass is 16.5.